The highest BCUT2D eigenvalue weighted by Crippen LogP contribution is 2.33. The van der Waals surface area contributed by atoms with Crippen LogP contribution in [0.5, 0.6) is 0 Å². The number of rotatable bonds is 4. The third-order valence-corrected chi connectivity index (χ3v) is 4.81. The van der Waals surface area contributed by atoms with Crippen LogP contribution in [-0.4, -0.2) is 9.97 Å². The molecule has 0 saturated carbocycles. The van der Waals surface area contributed by atoms with Gasteiger partial charge in [-0.05, 0) is 61.2 Å². The van der Waals surface area contributed by atoms with Gasteiger partial charge < -0.3 is 10.5 Å². The smallest absolute Gasteiger partial charge is 0.138 e. The van der Waals surface area contributed by atoms with Crippen LogP contribution in [0, 0.1) is 13.8 Å². The highest BCUT2D eigenvalue weighted by Gasteiger charge is 2.12. The normalized spacial score (nSPS) is 10.6. The Labute approximate surface area is 150 Å². The van der Waals surface area contributed by atoms with Gasteiger partial charge in [0, 0.05) is 11.8 Å². The third-order valence-electron chi connectivity index (χ3n) is 3.63. The van der Waals surface area contributed by atoms with Crippen molar-refractivity contribution in [3.05, 3.63) is 64.8 Å². The van der Waals surface area contributed by atoms with Crippen LogP contribution in [0.2, 0.25) is 5.02 Å². The van der Waals surface area contributed by atoms with Gasteiger partial charge in [0.2, 0.25) is 0 Å². The van der Waals surface area contributed by atoms with E-state index in [1.165, 1.54) is 11.9 Å². The van der Waals surface area contributed by atoms with Gasteiger partial charge in [-0.1, -0.05) is 29.8 Å². The third kappa shape index (κ3) is 3.47. The van der Waals surface area contributed by atoms with Crippen LogP contribution in [-0.2, 0) is 0 Å². The minimum Gasteiger partial charge on any atom is -0.383 e. The van der Waals surface area contributed by atoms with E-state index in [2.05, 4.69) is 40.7 Å². The van der Waals surface area contributed by atoms with Crippen LogP contribution in [0.4, 0.5) is 11.6 Å². The summed E-state index contributed by atoms with van der Waals surface area (Å²) in [5, 5.41) is 0.629. The van der Waals surface area contributed by atoms with Crippen molar-refractivity contribution in [2.45, 2.75) is 18.7 Å². The first-order valence-electron chi connectivity index (χ1n) is 7.42. The number of aromatic nitrogens is 2. The number of nitrogens with two attached hydrogens (primary N) is 1. The van der Waals surface area contributed by atoms with Crippen LogP contribution in [0.25, 0.3) is 11.3 Å². The van der Waals surface area contributed by atoms with Crippen molar-refractivity contribution in [2.24, 2.45) is 0 Å². The monoisotopic (exact) mass is 356 g/mol. The van der Waals surface area contributed by atoms with Gasteiger partial charge in [0.1, 0.15) is 11.6 Å². The standard InChI is InChI=1S/C18H17ClN4S/c1-11-5-3-6-12(2)16(11)17-13(19)8-9-15(22-17)23-24-14-7-4-10-21-18(14)20/h3-10H,1-2H3,(H2,20,21)(H,22,23). The summed E-state index contributed by atoms with van der Waals surface area (Å²) >= 11 is 7.77. The molecule has 0 amide bonds. The minimum absolute atomic E-state index is 0.485. The molecule has 2 heterocycles. The Morgan fingerprint density at radius 3 is 2.50 bits per heavy atom. The quantitative estimate of drug-likeness (QED) is 0.635. The number of benzene rings is 1. The maximum absolute atomic E-state index is 6.39. The van der Waals surface area contributed by atoms with E-state index >= 15 is 0 Å². The Balaban J connectivity index is 1.91. The number of nitrogens with one attached hydrogen (secondary N) is 1. The van der Waals surface area contributed by atoms with Gasteiger partial charge >= 0.3 is 0 Å². The van der Waals surface area contributed by atoms with Crippen molar-refractivity contribution in [3.8, 4) is 11.3 Å². The number of nitrogens with zero attached hydrogens (tertiary/aromatic N) is 2. The van der Waals surface area contributed by atoms with Crippen molar-refractivity contribution in [3.63, 3.8) is 0 Å². The fourth-order valence-electron chi connectivity index (χ4n) is 2.46. The molecule has 4 nitrogen and oxygen atoms in total. The number of pyridine rings is 2. The summed E-state index contributed by atoms with van der Waals surface area (Å²) in [4.78, 5) is 9.60. The zero-order valence-corrected chi connectivity index (χ0v) is 14.9. The van der Waals surface area contributed by atoms with Crippen LogP contribution in [0.15, 0.2) is 53.6 Å². The molecule has 3 N–H and O–H groups in total. The molecule has 2 aromatic heterocycles. The van der Waals surface area contributed by atoms with Gasteiger partial charge in [-0.15, -0.1) is 0 Å². The SMILES string of the molecule is Cc1cccc(C)c1-c1nc(NSc2cccnc2N)ccc1Cl. The molecule has 1 aromatic carbocycles. The Hall–Kier alpha value is -2.24. The van der Waals surface area contributed by atoms with Crippen molar-refractivity contribution in [1.82, 2.24) is 9.97 Å². The van der Waals surface area contributed by atoms with Gasteiger partial charge in [-0.25, -0.2) is 9.97 Å². The van der Waals surface area contributed by atoms with E-state index in [1.807, 2.05) is 30.3 Å². The number of nitrogen functional groups attached to an aromatic ring is 1. The molecule has 24 heavy (non-hydrogen) atoms. The molecule has 0 saturated heterocycles. The lowest BCUT2D eigenvalue weighted by Crippen LogP contribution is -1.98. The zero-order chi connectivity index (χ0) is 17.1. The number of halogens is 1. The van der Waals surface area contributed by atoms with E-state index in [0.717, 1.165) is 27.3 Å². The van der Waals surface area contributed by atoms with Crippen LogP contribution >= 0.6 is 23.5 Å². The van der Waals surface area contributed by atoms with Crippen LogP contribution in [0.1, 0.15) is 11.1 Å². The molecule has 0 atom stereocenters. The van der Waals surface area contributed by atoms with E-state index in [9.17, 15) is 0 Å². The summed E-state index contributed by atoms with van der Waals surface area (Å²) in [6.07, 6.45) is 1.67. The van der Waals surface area contributed by atoms with E-state index < -0.39 is 0 Å². The molecule has 122 valence electrons. The second-order valence-corrected chi connectivity index (χ2v) is 6.64. The highest BCUT2D eigenvalue weighted by molar-refractivity contribution is 8.00. The molecule has 0 radical (unpaired) electrons. The lowest BCUT2D eigenvalue weighted by Gasteiger charge is -2.13. The fraction of sp³-hybridized carbons (Fsp3) is 0.111. The maximum Gasteiger partial charge on any atom is 0.138 e. The van der Waals surface area contributed by atoms with Crippen molar-refractivity contribution in [2.75, 3.05) is 10.5 Å². The lowest BCUT2D eigenvalue weighted by atomic mass is 9.99. The topological polar surface area (TPSA) is 63.8 Å². The van der Waals surface area contributed by atoms with Gasteiger partial charge in [0.15, 0.2) is 0 Å². The Morgan fingerprint density at radius 2 is 1.79 bits per heavy atom. The maximum atomic E-state index is 6.39. The second kappa shape index (κ2) is 7.11. The zero-order valence-electron chi connectivity index (χ0n) is 13.4. The van der Waals surface area contributed by atoms with E-state index in [1.54, 1.807) is 6.20 Å². The molecule has 3 aromatic rings. The number of anilines is 2. The van der Waals surface area contributed by atoms with Crippen LogP contribution < -0.4 is 10.5 Å². The summed E-state index contributed by atoms with van der Waals surface area (Å²) in [5.74, 6) is 1.20. The Kier molecular flexibility index (Phi) is 4.92. The molecule has 0 bridgehead atoms. The molecule has 0 spiro atoms. The lowest BCUT2D eigenvalue weighted by molar-refractivity contribution is 1.25. The van der Waals surface area contributed by atoms with Crippen molar-refractivity contribution in [1.29, 1.82) is 0 Å². The summed E-state index contributed by atoms with van der Waals surface area (Å²) < 4.78 is 3.20. The Bertz CT molecular complexity index is 862. The van der Waals surface area contributed by atoms with Gasteiger partial charge in [-0.2, -0.15) is 0 Å². The average molecular weight is 357 g/mol. The molecule has 0 fully saturated rings. The van der Waals surface area contributed by atoms with E-state index in [-0.39, 0.29) is 0 Å². The molecule has 0 aliphatic rings. The molecular weight excluding hydrogens is 340 g/mol. The molecule has 6 heteroatoms. The van der Waals surface area contributed by atoms with Crippen molar-refractivity contribution >= 4 is 35.2 Å². The summed E-state index contributed by atoms with van der Waals surface area (Å²) in [5.41, 5.74) is 9.99. The molecule has 0 unspecified atom stereocenters. The number of hydrogen-bond donors (Lipinski definition) is 2. The molecular formula is C18H17ClN4S. The Morgan fingerprint density at radius 1 is 1.04 bits per heavy atom. The highest BCUT2D eigenvalue weighted by atomic mass is 35.5. The first kappa shape index (κ1) is 16.6. The van der Waals surface area contributed by atoms with Crippen molar-refractivity contribution < 1.29 is 0 Å². The summed E-state index contributed by atoms with van der Waals surface area (Å²) in [7, 11) is 0. The van der Waals surface area contributed by atoms with Crippen LogP contribution in [0.3, 0.4) is 0 Å². The predicted molar refractivity (Wildman–Crippen MR) is 102 cm³/mol. The molecule has 0 aliphatic heterocycles. The van der Waals surface area contributed by atoms with Gasteiger partial charge in [-0.3, -0.25) is 0 Å². The molecule has 0 aliphatic carbocycles. The fourth-order valence-corrected chi connectivity index (χ4v) is 3.29. The predicted octanol–water partition coefficient (Wildman–Crippen LogP) is 5.12. The largest absolute Gasteiger partial charge is 0.383 e. The number of hydrogen-bond acceptors (Lipinski definition) is 5. The molecule has 3 rings (SSSR count). The first-order chi connectivity index (χ1) is 11.6. The summed E-state index contributed by atoms with van der Waals surface area (Å²) in [6.45, 7) is 4.12. The van der Waals surface area contributed by atoms with E-state index in [0.29, 0.717) is 16.7 Å². The summed E-state index contributed by atoms with van der Waals surface area (Å²) in [6, 6.07) is 13.6. The first-order valence-corrected chi connectivity index (χ1v) is 8.62. The van der Waals surface area contributed by atoms with E-state index in [4.69, 9.17) is 17.3 Å². The van der Waals surface area contributed by atoms with Gasteiger partial charge in [0.25, 0.3) is 0 Å². The van der Waals surface area contributed by atoms with Gasteiger partial charge in [0.05, 0.1) is 15.6 Å². The second-order valence-electron chi connectivity index (χ2n) is 5.38. The minimum atomic E-state index is 0.485. The average Bonchev–Trinajstić information content (AvgIpc) is 2.56. The number of aryl methyl sites for hydroxylation is 2.